The van der Waals surface area contributed by atoms with E-state index in [4.69, 9.17) is 10.5 Å². The molecule has 4 nitrogen and oxygen atoms in total. The molecule has 0 saturated heterocycles. The van der Waals surface area contributed by atoms with Crippen LogP contribution in [-0.4, -0.2) is 7.11 Å². The number of rotatable bonds is 3. The lowest BCUT2D eigenvalue weighted by atomic mass is 10.1. The van der Waals surface area contributed by atoms with Crippen molar-refractivity contribution in [2.45, 2.75) is 6.92 Å². The summed E-state index contributed by atoms with van der Waals surface area (Å²) < 4.78 is 5.17. The van der Waals surface area contributed by atoms with Gasteiger partial charge in [-0.2, -0.15) is 10.2 Å². The van der Waals surface area contributed by atoms with Gasteiger partial charge >= 0.3 is 0 Å². The molecule has 0 aliphatic heterocycles. The third kappa shape index (κ3) is 2.66. The molecule has 0 atom stereocenters. The number of aryl methyl sites for hydroxylation is 1. The minimum absolute atomic E-state index is 0.605. The molecule has 2 aromatic rings. The Balaban J connectivity index is 2.32. The van der Waals surface area contributed by atoms with Crippen molar-refractivity contribution in [3.05, 3.63) is 48.0 Å². The van der Waals surface area contributed by atoms with Crippen molar-refractivity contribution < 1.29 is 4.74 Å². The van der Waals surface area contributed by atoms with E-state index in [9.17, 15) is 0 Å². The van der Waals surface area contributed by atoms with Crippen LogP contribution in [0.3, 0.4) is 0 Å². The normalized spacial score (nSPS) is 10.8. The fraction of sp³-hybridized carbons (Fsp3) is 0.143. The van der Waals surface area contributed by atoms with Crippen molar-refractivity contribution in [1.29, 1.82) is 0 Å². The SMILES string of the molecule is COc1cc(N=Nc2ccccc2)c(C)cc1N. The van der Waals surface area contributed by atoms with Crippen molar-refractivity contribution >= 4 is 17.1 Å². The summed E-state index contributed by atoms with van der Waals surface area (Å²) >= 11 is 0. The lowest BCUT2D eigenvalue weighted by Gasteiger charge is -2.07. The molecule has 2 rings (SSSR count). The Hall–Kier alpha value is -2.36. The van der Waals surface area contributed by atoms with Crippen molar-refractivity contribution in [3.8, 4) is 5.75 Å². The topological polar surface area (TPSA) is 60.0 Å². The maximum Gasteiger partial charge on any atom is 0.143 e. The molecule has 18 heavy (non-hydrogen) atoms. The summed E-state index contributed by atoms with van der Waals surface area (Å²) in [4.78, 5) is 0. The van der Waals surface area contributed by atoms with Crippen LogP contribution in [0.1, 0.15) is 5.56 Å². The molecule has 4 heteroatoms. The van der Waals surface area contributed by atoms with Gasteiger partial charge in [0, 0.05) is 6.07 Å². The van der Waals surface area contributed by atoms with Gasteiger partial charge in [0.2, 0.25) is 0 Å². The van der Waals surface area contributed by atoms with E-state index in [0.29, 0.717) is 11.4 Å². The monoisotopic (exact) mass is 241 g/mol. The molecule has 2 aromatic carbocycles. The van der Waals surface area contributed by atoms with E-state index in [0.717, 1.165) is 16.9 Å². The predicted molar refractivity (Wildman–Crippen MR) is 72.8 cm³/mol. The van der Waals surface area contributed by atoms with Crippen LogP contribution >= 0.6 is 0 Å². The van der Waals surface area contributed by atoms with Crippen LogP contribution in [0.5, 0.6) is 5.75 Å². The molecule has 0 aromatic heterocycles. The number of nitrogens with zero attached hydrogens (tertiary/aromatic N) is 2. The standard InChI is InChI=1S/C14H15N3O/c1-10-8-12(15)14(18-2)9-13(10)17-16-11-6-4-3-5-7-11/h3-9H,15H2,1-2H3. The number of anilines is 1. The van der Waals surface area contributed by atoms with E-state index in [1.165, 1.54) is 0 Å². The lowest BCUT2D eigenvalue weighted by Crippen LogP contribution is -1.92. The molecule has 0 unspecified atom stereocenters. The minimum atomic E-state index is 0.605. The van der Waals surface area contributed by atoms with Gasteiger partial charge in [0.05, 0.1) is 24.2 Å². The Kier molecular flexibility index (Phi) is 3.57. The van der Waals surface area contributed by atoms with Crippen molar-refractivity contribution in [1.82, 2.24) is 0 Å². The van der Waals surface area contributed by atoms with E-state index in [-0.39, 0.29) is 0 Å². The molecule has 2 N–H and O–H groups in total. The Morgan fingerprint density at radius 1 is 1.06 bits per heavy atom. The molecule has 0 aliphatic rings. The zero-order valence-corrected chi connectivity index (χ0v) is 10.4. The first-order chi connectivity index (χ1) is 8.70. The van der Waals surface area contributed by atoms with E-state index < -0.39 is 0 Å². The number of ether oxygens (including phenoxy) is 1. The smallest absolute Gasteiger partial charge is 0.143 e. The number of methoxy groups -OCH3 is 1. The largest absolute Gasteiger partial charge is 0.495 e. The fourth-order valence-electron chi connectivity index (χ4n) is 1.59. The van der Waals surface area contributed by atoms with Gasteiger partial charge in [-0.25, -0.2) is 0 Å². The second kappa shape index (κ2) is 5.31. The average molecular weight is 241 g/mol. The summed E-state index contributed by atoms with van der Waals surface area (Å²) in [5.74, 6) is 0.614. The molecule has 0 saturated carbocycles. The van der Waals surface area contributed by atoms with Crippen molar-refractivity contribution in [3.63, 3.8) is 0 Å². The van der Waals surface area contributed by atoms with E-state index in [2.05, 4.69) is 10.2 Å². The molecule has 0 fully saturated rings. The molecular weight excluding hydrogens is 226 g/mol. The fourth-order valence-corrected chi connectivity index (χ4v) is 1.59. The molecular formula is C14H15N3O. The van der Waals surface area contributed by atoms with Crippen molar-refractivity contribution in [2.75, 3.05) is 12.8 Å². The summed E-state index contributed by atoms with van der Waals surface area (Å²) in [5, 5.41) is 8.39. The Morgan fingerprint density at radius 2 is 1.78 bits per heavy atom. The minimum Gasteiger partial charge on any atom is -0.495 e. The highest BCUT2D eigenvalue weighted by atomic mass is 16.5. The second-order valence-corrected chi connectivity index (χ2v) is 3.92. The van der Waals surface area contributed by atoms with Crippen LogP contribution in [0.2, 0.25) is 0 Å². The molecule has 0 spiro atoms. The number of hydrogen-bond acceptors (Lipinski definition) is 4. The van der Waals surface area contributed by atoms with Gasteiger partial charge in [0.15, 0.2) is 0 Å². The molecule has 0 radical (unpaired) electrons. The Labute approximate surface area is 106 Å². The predicted octanol–water partition coefficient (Wildman–Crippen LogP) is 4.00. The average Bonchev–Trinajstić information content (AvgIpc) is 2.39. The molecule has 0 bridgehead atoms. The third-order valence-electron chi connectivity index (χ3n) is 2.58. The van der Waals surface area contributed by atoms with Crippen LogP contribution in [0.15, 0.2) is 52.7 Å². The first-order valence-corrected chi connectivity index (χ1v) is 5.61. The maximum atomic E-state index is 5.81. The van der Waals surface area contributed by atoms with Crippen LogP contribution < -0.4 is 10.5 Å². The number of nitrogen functional groups attached to an aromatic ring is 1. The summed E-state index contributed by atoms with van der Waals surface area (Å²) in [5.41, 5.74) is 8.95. The summed E-state index contributed by atoms with van der Waals surface area (Å²) in [6.45, 7) is 1.94. The van der Waals surface area contributed by atoms with Gasteiger partial charge in [-0.05, 0) is 30.7 Å². The first kappa shape index (κ1) is 12.1. The van der Waals surface area contributed by atoms with Crippen LogP contribution in [-0.2, 0) is 0 Å². The summed E-state index contributed by atoms with van der Waals surface area (Å²) in [6, 6.07) is 13.2. The van der Waals surface area contributed by atoms with Gasteiger partial charge in [-0.1, -0.05) is 18.2 Å². The number of azo groups is 1. The lowest BCUT2D eigenvalue weighted by molar-refractivity contribution is 0.417. The maximum absolute atomic E-state index is 5.81. The molecule has 0 aliphatic carbocycles. The second-order valence-electron chi connectivity index (χ2n) is 3.92. The highest BCUT2D eigenvalue weighted by molar-refractivity contribution is 5.63. The molecule has 92 valence electrons. The molecule has 0 heterocycles. The van der Waals surface area contributed by atoms with Gasteiger partial charge in [0.1, 0.15) is 5.75 Å². The summed E-state index contributed by atoms with van der Waals surface area (Å²) in [6.07, 6.45) is 0. The van der Waals surface area contributed by atoms with Gasteiger partial charge in [-0.3, -0.25) is 0 Å². The Morgan fingerprint density at radius 3 is 2.44 bits per heavy atom. The number of nitrogens with two attached hydrogens (primary N) is 1. The van der Waals surface area contributed by atoms with Gasteiger partial charge < -0.3 is 10.5 Å². The summed E-state index contributed by atoms with van der Waals surface area (Å²) in [7, 11) is 1.58. The Bertz CT molecular complexity index is 565. The zero-order chi connectivity index (χ0) is 13.0. The molecule has 0 amide bonds. The zero-order valence-electron chi connectivity index (χ0n) is 10.4. The number of hydrogen-bond donors (Lipinski definition) is 1. The highest BCUT2D eigenvalue weighted by Crippen LogP contribution is 2.31. The quantitative estimate of drug-likeness (QED) is 0.652. The first-order valence-electron chi connectivity index (χ1n) is 5.61. The van der Waals surface area contributed by atoms with E-state index in [1.807, 2.05) is 43.3 Å². The van der Waals surface area contributed by atoms with Crippen LogP contribution in [0, 0.1) is 6.92 Å². The highest BCUT2D eigenvalue weighted by Gasteiger charge is 2.04. The van der Waals surface area contributed by atoms with Gasteiger partial charge in [0.25, 0.3) is 0 Å². The number of benzene rings is 2. The van der Waals surface area contributed by atoms with Gasteiger partial charge in [-0.15, -0.1) is 0 Å². The van der Waals surface area contributed by atoms with Crippen LogP contribution in [0.4, 0.5) is 17.1 Å². The van der Waals surface area contributed by atoms with Crippen molar-refractivity contribution in [2.24, 2.45) is 10.2 Å². The van der Waals surface area contributed by atoms with Crippen LogP contribution in [0.25, 0.3) is 0 Å². The van der Waals surface area contributed by atoms with E-state index in [1.54, 1.807) is 13.2 Å². The third-order valence-corrected chi connectivity index (χ3v) is 2.58. The van der Waals surface area contributed by atoms with E-state index >= 15 is 0 Å².